The molecule has 0 saturated carbocycles. The van der Waals surface area contributed by atoms with Crippen LogP contribution in [0.4, 0.5) is 15.9 Å². The SMILES string of the molecule is CCc1nc(Cl)cc(Nc2cc(F)ccc2Cl)n1. The smallest absolute Gasteiger partial charge is 0.135 e. The van der Waals surface area contributed by atoms with Crippen LogP contribution in [0.1, 0.15) is 12.7 Å². The molecule has 0 radical (unpaired) electrons. The second-order valence-corrected chi connectivity index (χ2v) is 4.39. The first-order valence-electron chi connectivity index (χ1n) is 5.34. The van der Waals surface area contributed by atoms with E-state index in [9.17, 15) is 4.39 Å². The highest BCUT2D eigenvalue weighted by Gasteiger charge is 2.06. The number of halogens is 3. The summed E-state index contributed by atoms with van der Waals surface area (Å²) in [4.78, 5) is 8.27. The molecule has 18 heavy (non-hydrogen) atoms. The zero-order valence-corrected chi connectivity index (χ0v) is 11.1. The maximum atomic E-state index is 13.1. The highest BCUT2D eigenvalue weighted by Crippen LogP contribution is 2.26. The molecule has 1 aromatic carbocycles. The van der Waals surface area contributed by atoms with Crippen molar-refractivity contribution in [3.63, 3.8) is 0 Å². The fourth-order valence-corrected chi connectivity index (χ4v) is 1.78. The van der Waals surface area contributed by atoms with E-state index in [4.69, 9.17) is 23.2 Å². The van der Waals surface area contributed by atoms with Gasteiger partial charge in [-0.2, -0.15) is 0 Å². The number of aryl methyl sites for hydroxylation is 1. The molecule has 0 spiro atoms. The van der Waals surface area contributed by atoms with Gasteiger partial charge in [-0.15, -0.1) is 0 Å². The summed E-state index contributed by atoms with van der Waals surface area (Å²) < 4.78 is 13.1. The number of benzene rings is 1. The summed E-state index contributed by atoms with van der Waals surface area (Å²) in [6.07, 6.45) is 0.659. The highest BCUT2D eigenvalue weighted by atomic mass is 35.5. The molecule has 2 rings (SSSR count). The highest BCUT2D eigenvalue weighted by molar-refractivity contribution is 6.33. The molecule has 0 unspecified atom stereocenters. The lowest BCUT2D eigenvalue weighted by molar-refractivity contribution is 0.628. The minimum atomic E-state index is -0.377. The zero-order valence-electron chi connectivity index (χ0n) is 9.54. The largest absolute Gasteiger partial charge is 0.339 e. The molecular weight excluding hydrogens is 276 g/mol. The Morgan fingerprint density at radius 3 is 2.72 bits per heavy atom. The van der Waals surface area contributed by atoms with E-state index in [1.807, 2.05) is 6.92 Å². The van der Waals surface area contributed by atoms with Crippen molar-refractivity contribution in [3.05, 3.63) is 46.1 Å². The van der Waals surface area contributed by atoms with E-state index >= 15 is 0 Å². The van der Waals surface area contributed by atoms with Crippen molar-refractivity contribution in [2.24, 2.45) is 0 Å². The molecule has 0 fully saturated rings. The van der Waals surface area contributed by atoms with Gasteiger partial charge in [-0.1, -0.05) is 30.1 Å². The third-order valence-electron chi connectivity index (χ3n) is 2.25. The Labute approximate surface area is 114 Å². The molecular formula is C12H10Cl2FN3. The maximum absolute atomic E-state index is 13.1. The lowest BCUT2D eigenvalue weighted by atomic mass is 10.3. The number of nitrogens with one attached hydrogen (secondary N) is 1. The van der Waals surface area contributed by atoms with E-state index < -0.39 is 0 Å². The number of rotatable bonds is 3. The Kier molecular flexibility index (Phi) is 3.99. The van der Waals surface area contributed by atoms with E-state index in [0.29, 0.717) is 33.9 Å². The van der Waals surface area contributed by atoms with Gasteiger partial charge >= 0.3 is 0 Å². The van der Waals surface area contributed by atoms with Crippen LogP contribution in [0, 0.1) is 5.82 Å². The Morgan fingerprint density at radius 2 is 2.00 bits per heavy atom. The standard InChI is InChI=1S/C12H10Cl2FN3/c1-2-11-17-10(14)6-12(18-11)16-9-5-7(15)3-4-8(9)13/h3-6H,2H2,1H3,(H,16,17,18). The predicted molar refractivity (Wildman–Crippen MR) is 71.1 cm³/mol. The number of hydrogen-bond acceptors (Lipinski definition) is 3. The van der Waals surface area contributed by atoms with Crippen molar-refractivity contribution in [2.45, 2.75) is 13.3 Å². The van der Waals surface area contributed by atoms with Crippen molar-refractivity contribution in [2.75, 3.05) is 5.32 Å². The Morgan fingerprint density at radius 1 is 1.22 bits per heavy atom. The summed E-state index contributed by atoms with van der Waals surface area (Å²) in [6, 6.07) is 5.62. The van der Waals surface area contributed by atoms with Crippen LogP contribution in [0.15, 0.2) is 24.3 Å². The lowest BCUT2D eigenvalue weighted by Crippen LogP contribution is -2.00. The summed E-state index contributed by atoms with van der Waals surface area (Å²) in [5, 5.41) is 3.66. The average molecular weight is 286 g/mol. The molecule has 0 aliphatic heterocycles. The van der Waals surface area contributed by atoms with Crippen LogP contribution in [0.5, 0.6) is 0 Å². The van der Waals surface area contributed by atoms with Gasteiger partial charge in [0.2, 0.25) is 0 Å². The normalized spacial score (nSPS) is 10.4. The molecule has 1 heterocycles. The fraction of sp³-hybridized carbons (Fsp3) is 0.167. The molecule has 1 aromatic heterocycles. The van der Waals surface area contributed by atoms with E-state index in [1.54, 1.807) is 6.07 Å². The Balaban J connectivity index is 2.33. The minimum absolute atomic E-state index is 0.330. The van der Waals surface area contributed by atoms with Crippen molar-refractivity contribution >= 4 is 34.7 Å². The monoisotopic (exact) mass is 285 g/mol. The second kappa shape index (κ2) is 5.50. The van der Waals surface area contributed by atoms with Gasteiger partial charge < -0.3 is 5.32 Å². The first kappa shape index (κ1) is 13.1. The first-order valence-corrected chi connectivity index (χ1v) is 6.09. The van der Waals surface area contributed by atoms with Gasteiger partial charge in [0.1, 0.15) is 22.6 Å². The first-order chi connectivity index (χ1) is 8.58. The Bertz CT molecular complexity index is 575. The van der Waals surface area contributed by atoms with Crippen molar-refractivity contribution in [1.29, 1.82) is 0 Å². The van der Waals surface area contributed by atoms with E-state index in [0.717, 1.165) is 0 Å². The molecule has 1 N–H and O–H groups in total. The van der Waals surface area contributed by atoms with Gasteiger partial charge in [0, 0.05) is 12.5 Å². The van der Waals surface area contributed by atoms with Crippen LogP contribution in [0.25, 0.3) is 0 Å². The second-order valence-electron chi connectivity index (χ2n) is 3.59. The lowest BCUT2D eigenvalue weighted by Gasteiger charge is -2.09. The number of hydrogen-bond donors (Lipinski definition) is 1. The van der Waals surface area contributed by atoms with Crippen molar-refractivity contribution < 1.29 is 4.39 Å². The molecule has 0 amide bonds. The molecule has 0 aliphatic carbocycles. The predicted octanol–water partition coefficient (Wildman–Crippen LogP) is 4.23. The molecule has 0 bridgehead atoms. The summed E-state index contributed by atoms with van der Waals surface area (Å²) >= 11 is 11.8. The number of aromatic nitrogens is 2. The van der Waals surface area contributed by atoms with Gasteiger partial charge in [-0.05, 0) is 18.2 Å². The quantitative estimate of drug-likeness (QED) is 0.858. The molecule has 94 valence electrons. The van der Waals surface area contributed by atoms with Crippen molar-refractivity contribution in [1.82, 2.24) is 9.97 Å². The summed E-state index contributed by atoms with van der Waals surface area (Å²) in [5.41, 5.74) is 0.438. The van der Waals surface area contributed by atoms with Crippen LogP contribution >= 0.6 is 23.2 Å². The van der Waals surface area contributed by atoms with Gasteiger partial charge in [-0.3, -0.25) is 0 Å². The molecule has 6 heteroatoms. The molecule has 2 aromatic rings. The summed E-state index contributed by atoms with van der Waals surface area (Å²) in [5.74, 6) is 0.717. The molecule has 0 saturated heterocycles. The van der Waals surface area contributed by atoms with Gasteiger partial charge in [-0.25, -0.2) is 14.4 Å². The third-order valence-corrected chi connectivity index (χ3v) is 2.77. The molecule has 0 atom stereocenters. The summed E-state index contributed by atoms with van der Waals surface area (Å²) in [7, 11) is 0. The number of anilines is 2. The third kappa shape index (κ3) is 3.09. The molecule has 0 aliphatic rings. The minimum Gasteiger partial charge on any atom is -0.339 e. The fourth-order valence-electron chi connectivity index (χ4n) is 1.42. The van der Waals surface area contributed by atoms with Crippen LogP contribution in [-0.2, 0) is 6.42 Å². The average Bonchev–Trinajstić information content (AvgIpc) is 2.33. The van der Waals surface area contributed by atoms with Gasteiger partial charge in [0.05, 0.1) is 10.7 Å². The van der Waals surface area contributed by atoms with Gasteiger partial charge in [0.15, 0.2) is 0 Å². The summed E-state index contributed by atoms with van der Waals surface area (Å²) in [6.45, 7) is 1.92. The Hall–Kier alpha value is -1.39. The number of nitrogens with zero attached hydrogens (tertiary/aromatic N) is 2. The van der Waals surface area contributed by atoms with Crippen LogP contribution in [-0.4, -0.2) is 9.97 Å². The van der Waals surface area contributed by atoms with E-state index in [1.165, 1.54) is 18.2 Å². The van der Waals surface area contributed by atoms with Crippen LogP contribution in [0.2, 0.25) is 10.2 Å². The molecule has 3 nitrogen and oxygen atoms in total. The van der Waals surface area contributed by atoms with E-state index in [2.05, 4.69) is 15.3 Å². The van der Waals surface area contributed by atoms with E-state index in [-0.39, 0.29) is 5.82 Å². The van der Waals surface area contributed by atoms with Crippen molar-refractivity contribution in [3.8, 4) is 0 Å². The van der Waals surface area contributed by atoms with Gasteiger partial charge in [0.25, 0.3) is 0 Å². The topological polar surface area (TPSA) is 37.8 Å². The maximum Gasteiger partial charge on any atom is 0.135 e. The zero-order chi connectivity index (χ0) is 13.1. The van der Waals surface area contributed by atoms with Crippen LogP contribution in [0.3, 0.4) is 0 Å². The van der Waals surface area contributed by atoms with Crippen LogP contribution < -0.4 is 5.32 Å².